The fourth-order valence-corrected chi connectivity index (χ4v) is 4.62. The van der Waals surface area contributed by atoms with Crippen LogP contribution in [0.4, 0.5) is 5.69 Å². The maximum absolute atomic E-state index is 12.9. The molecule has 3 heterocycles. The molecule has 162 valence electrons. The smallest absolute Gasteiger partial charge is 0.408 e. The number of aromatic nitrogens is 3. The highest BCUT2D eigenvalue weighted by atomic mass is 16.4. The summed E-state index contributed by atoms with van der Waals surface area (Å²) in [4.78, 5) is 39.8. The summed E-state index contributed by atoms with van der Waals surface area (Å²) in [6.07, 6.45) is 7.50. The van der Waals surface area contributed by atoms with Crippen molar-refractivity contribution in [1.29, 1.82) is 0 Å². The number of nitrogens with one attached hydrogen (secondary N) is 2. The van der Waals surface area contributed by atoms with E-state index in [9.17, 15) is 14.4 Å². The zero-order valence-electron chi connectivity index (χ0n) is 17.2. The van der Waals surface area contributed by atoms with Crippen molar-refractivity contribution in [1.82, 2.24) is 19.7 Å². The van der Waals surface area contributed by atoms with Crippen molar-refractivity contribution < 1.29 is 14.0 Å². The average molecular weight is 423 g/mol. The van der Waals surface area contributed by atoms with E-state index < -0.39 is 5.76 Å². The number of amides is 2. The van der Waals surface area contributed by atoms with Gasteiger partial charge >= 0.3 is 5.76 Å². The standard InChI is InChI=1S/C22H25N5O4/c28-19(26-9-2-1-3-10-26)13-27-17-11-15(7-8-18(17)31-22(27)30)24-21(29)16-6-4-5-14-12-23-25-20(14)16/h7-8,11-12,16H,1-6,9-10,13H2,(H,23,25)(H,24,29)/t16-/m1/s1. The lowest BCUT2D eigenvalue weighted by molar-refractivity contribution is -0.132. The lowest BCUT2D eigenvalue weighted by Gasteiger charge is -2.26. The van der Waals surface area contributed by atoms with Crippen molar-refractivity contribution in [3.05, 3.63) is 46.2 Å². The topological polar surface area (TPSA) is 113 Å². The number of rotatable bonds is 4. The van der Waals surface area contributed by atoms with E-state index >= 15 is 0 Å². The van der Waals surface area contributed by atoms with Gasteiger partial charge in [-0.2, -0.15) is 5.10 Å². The Morgan fingerprint density at radius 1 is 1.19 bits per heavy atom. The Morgan fingerprint density at radius 3 is 2.87 bits per heavy atom. The van der Waals surface area contributed by atoms with E-state index in [1.54, 1.807) is 29.3 Å². The van der Waals surface area contributed by atoms with Crippen molar-refractivity contribution in [2.75, 3.05) is 18.4 Å². The minimum absolute atomic E-state index is 0.0661. The second-order valence-electron chi connectivity index (χ2n) is 8.32. The van der Waals surface area contributed by atoms with Gasteiger partial charge in [0.05, 0.1) is 23.3 Å². The van der Waals surface area contributed by atoms with Gasteiger partial charge in [0.1, 0.15) is 6.54 Å². The monoisotopic (exact) mass is 423 g/mol. The first-order valence-electron chi connectivity index (χ1n) is 10.8. The molecule has 31 heavy (non-hydrogen) atoms. The normalized spacial score (nSPS) is 18.7. The third-order valence-corrected chi connectivity index (χ3v) is 6.29. The largest absolute Gasteiger partial charge is 0.420 e. The first-order chi connectivity index (χ1) is 15.1. The van der Waals surface area contributed by atoms with Crippen LogP contribution in [0.1, 0.15) is 49.3 Å². The van der Waals surface area contributed by atoms with Gasteiger partial charge in [0, 0.05) is 18.8 Å². The second-order valence-corrected chi connectivity index (χ2v) is 8.32. The predicted molar refractivity (Wildman–Crippen MR) is 114 cm³/mol. The molecule has 1 fully saturated rings. The Hall–Kier alpha value is -3.36. The third-order valence-electron chi connectivity index (χ3n) is 6.29. The highest BCUT2D eigenvalue weighted by Crippen LogP contribution is 2.31. The number of carbonyl (C=O) groups is 2. The van der Waals surface area contributed by atoms with E-state index in [2.05, 4.69) is 15.5 Å². The van der Waals surface area contributed by atoms with Gasteiger partial charge in [-0.25, -0.2) is 4.79 Å². The van der Waals surface area contributed by atoms with E-state index in [-0.39, 0.29) is 24.3 Å². The number of carbonyl (C=O) groups excluding carboxylic acids is 2. The van der Waals surface area contributed by atoms with E-state index in [0.717, 1.165) is 62.9 Å². The molecule has 1 saturated heterocycles. The molecular formula is C22H25N5O4. The molecule has 5 rings (SSSR count). The zero-order chi connectivity index (χ0) is 21.4. The van der Waals surface area contributed by atoms with Crippen molar-refractivity contribution in [3.8, 4) is 0 Å². The minimum Gasteiger partial charge on any atom is -0.408 e. The van der Waals surface area contributed by atoms with Gasteiger partial charge in [-0.15, -0.1) is 0 Å². The number of nitrogens with zero attached hydrogens (tertiary/aromatic N) is 3. The van der Waals surface area contributed by atoms with Gasteiger partial charge in [-0.05, 0) is 62.3 Å². The molecule has 3 aromatic rings. The number of anilines is 1. The number of benzene rings is 1. The lowest BCUT2D eigenvalue weighted by atomic mass is 9.87. The van der Waals surface area contributed by atoms with E-state index in [1.165, 1.54) is 4.57 Å². The Labute approximate surface area is 178 Å². The number of piperidine rings is 1. The summed E-state index contributed by atoms with van der Waals surface area (Å²) in [7, 11) is 0. The number of oxazole rings is 1. The van der Waals surface area contributed by atoms with Crippen LogP contribution >= 0.6 is 0 Å². The van der Waals surface area contributed by atoms with Crippen LogP contribution in [0.15, 0.2) is 33.6 Å². The van der Waals surface area contributed by atoms with E-state index in [0.29, 0.717) is 16.8 Å². The van der Waals surface area contributed by atoms with Crippen LogP contribution in [-0.2, 0) is 22.6 Å². The number of hydrogen-bond acceptors (Lipinski definition) is 5. The highest BCUT2D eigenvalue weighted by molar-refractivity contribution is 5.97. The van der Waals surface area contributed by atoms with Gasteiger partial charge in [-0.3, -0.25) is 19.3 Å². The quantitative estimate of drug-likeness (QED) is 0.669. The number of hydrogen-bond donors (Lipinski definition) is 2. The van der Waals surface area contributed by atoms with E-state index in [1.807, 2.05) is 0 Å². The lowest BCUT2D eigenvalue weighted by Crippen LogP contribution is -2.39. The molecule has 0 saturated carbocycles. The number of fused-ring (bicyclic) bond motifs is 2. The molecular weight excluding hydrogens is 398 g/mol. The molecule has 9 heteroatoms. The van der Waals surface area contributed by atoms with Crippen LogP contribution in [0.2, 0.25) is 0 Å². The van der Waals surface area contributed by atoms with Crippen LogP contribution < -0.4 is 11.1 Å². The van der Waals surface area contributed by atoms with Crippen molar-refractivity contribution in [2.24, 2.45) is 0 Å². The molecule has 1 atom stereocenters. The third kappa shape index (κ3) is 3.75. The molecule has 1 aliphatic carbocycles. The molecule has 0 spiro atoms. The molecule has 1 aliphatic heterocycles. The Kier molecular flexibility index (Phi) is 5.09. The summed E-state index contributed by atoms with van der Waals surface area (Å²) >= 11 is 0. The first kappa shape index (κ1) is 19.6. The summed E-state index contributed by atoms with van der Waals surface area (Å²) in [5, 5.41) is 9.98. The molecule has 0 bridgehead atoms. The molecule has 2 amide bonds. The summed E-state index contributed by atoms with van der Waals surface area (Å²) in [6, 6.07) is 5.05. The molecule has 2 N–H and O–H groups in total. The van der Waals surface area contributed by atoms with Gasteiger partial charge in [0.25, 0.3) is 0 Å². The van der Waals surface area contributed by atoms with Crippen molar-refractivity contribution in [3.63, 3.8) is 0 Å². The van der Waals surface area contributed by atoms with E-state index in [4.69, 9.17) is 4.42 Å². The number of H-pyrrole nitrogens is 1. The summed E-state index contributed by atoms with van der Waals surface area (Å²) in [5.41, 5.74) is 3.41. The number of aromatic amines is 1. The van der Waals surface area contributed by atoms with Gasteiger partial charge in [0.15, 0.2) is 5.58 Å². The Balaban J connectivity index is 1.37. The predicted octanol–water partition coefficient (Wildman–Crippen LogP) is 2.39. The van der Waals surface area contributed by atoms with Crippen molar-refractivity contribution >= 4 is 28.6 Å². The summed E-state index contributed by atoms with van der Waals surface area (Å²) in [6.45, 7) is 1.38. The van der Waals surface area contributed by atoms with Crippen LogP contribution in [0.3, 0.4) is 0 Å². The molecule has 0 radical (unpaired) electrons. The van der Waals surface area contributed by atoms with Gasteiger partial charge < -0.3 is 14.6 Å². The van der Waals surface area contributed by atoms with Crippen LogP contribution in [0, 0.1) is 0 Å². The maximum Gasteiger partial charge on any atom is 0.420 e. The molecule has 1 aromatic carbocycles. The molecule has 9 nitrogen and oxygen atoms in total. The first-order valence-corrected chi connectivity index (χ1v) is 10.8. The summed E-state index contributed by atoms with van der Waals surface area (Å²) < 4.78 is 6.65. The van der Waals surface area contributed by atoms with Gasteiger partial charge in [0.2, 0.25) is 11.8 Å². The number of likely N-dealkylation sites (tertiary alicyclic amines) is 1. The van der Waals surface area contributed by atoms with Crippen LogP contribution in [0.25, 0.3) is 11.1 Å². The highest BCUT2D eigenvalue weighted by Gasteiger charge is 2.28. The average Bonchev–Trinajstić information content (AvgIpc) is 3.38. The van der Waals surface area contributed by atoms with Crippen LogP contribution in [0.5, 0.6) is 0 Å². The fraction of sp³-hybridized carbons (Fsp3) is 0.455. The fourth-order valence-electron chi connectivity index (χ4n) is 4.62. The summed E-state index contributed by atoms with van der Waals surface area (Å²) in [5.74, 6) is -1.06. The number of aryl methyl sites for hydroxylation is 1. The molecule has 0 unspecified atom stereocenters. The van der Waals surface area contributed by atoms with Crippen molar-refractivity contribution in [2.45, 2.75) is 51.0 Å². The maximum atomic E-state index is 12.9. The Bertz CT molecular complexity index is 1180. The Morgan fingerprint density at radius 2 is 2.03 bits per heavy atom. The van der Waals surface area contributed by atoms with Crippen LogP contribution in [-0.4, -0.2) is 44.6 Å². The minimum atomic E-state index is -0.571. The van der Waals surface area contributed by atoms with Gasteiger partial charge in [-0.1, -0.05) is 0 Å². The zero-order valence-corrected chi connectivity index (χ0v) is 17.2. The second kappa shape index (κ2) is 8.05. The SMILES string of the molecule is O=C(Nc1ccc2oc(=O)n(CC(=O)N3CCCCC3)c2c1)[C@@H]1CCCc2cn[nH]c21. The molecule has 2 aliphatic rings. The molecule has 2 aromatic heterocycles.